The maximum Gasteiger partial charge on any atom is 0.239 e. The van der Waals surface area contributed by atoms with Crippen molar-refractivity contribution in [2.75, 3.05) is 33.3 Å². The van der Waals surface area contributed by atoms with Crippen molar-refractivity contribution in [1.29, 1.82) is 0 Å². The Balaban J connectivity index is 1.60. The van der Waals surface area contributed by atoms with E-state index in [1.807, 2.05) is 18.3 Å². The number of piperidine rings is 1. The van der Waals surface area contributed by atoms with Gasteiger partial charge in [-0.3, -0.25) is 9.69 Å². The number of rotatable bonds is 4. The zero-order valence-electron chi connectivity index (χ0n) is 14.0. The third-order valence-electron chi connectivity index (χ3n) is 4.98. The second-order valence-electron chi connectivity index (χ2n) is 6.60. The number of amides is 1. The Bertz CT molecular complexity index is 508. The van der Waals surface area contributed by atoms with Crippen molar-refractivity contribution in [2.45, 2.75) is 38.0 Å². The highest BCUT2D eigenvalue weighted by Gasteiger charge is 2.33. The summed E-state index contributed by atoms with van der Waals surface area (Å²) in [6.45, 7) is 5.24. The molecule has 0 aromatic carbocycles. The monoisotopic (exact) mass is 337 g/mol. The van der Waals surface area contributed by atoms with Crippen LogP contribution in [0.1, 0.15) is 30.7 Å². The predicted octanol–water partition coefficient (Wildman–Crippen LogP) is 1.62. The third-order valence-corrected chi connectivity index (χ3v) is 5.92. The molecule has 2 N–H and O–H groups in total. The number of likely N-dealkylation sites (tertiary alicyclic amines) is 1. The molecule has 128 valence electrons. The fraction of sp³-hybridized carbons (Fsp3) is 0.706. The van der Waals surface area contributed by atoms with Gasteiger partial charge in [0.1, 0.15) is 6.04 Å². The molecule has 5 nitrogen and oxygen atoms in total. The Morgan fingerprint density at radius 3 is 3.17 bits per heavy atom. The Labute approximate surface area is 142 Å². The van der Waals surface area contributed by atoms with E-state index in [2.05, 4.69) is 40.1 Å². The highest BCUT2D eigenvalue weighted by atomic mass is 32.1. The van der Waals surface area contributed by atoms with Crippen molar-refractivity contribution in [3.63, 3.8) is 0 Å². The Morgan fingerprint density at radius 2 is 2.43 bits per heavy atom. The molecule has 1 amide bonds. The molecule has 0 aliphatic carbocycles. The molecule has 1 aromatic rings. The highest BCUT2D eigenvalue weighted by molar-refractivity contribution is 7.10. The molecule has 1 aromatic heterocycles. The molecule has 2 saturated heterocycles. The van der Waals surface area contributed by atoms with Gasteiger partial charge >= 0.3 is 0 Å². The molecule has 2 unspecified atom stereocenters. The quantitative estimate of drug-likeness (QED) is 0.877. The molecule has 4 atom stereocenters. The van der Waals surface area contributed by atoms with Gasteiger partial charge in [0, 0.05) is 24.0 Å². The van der Waals surface area contributed by atoms with Crippen LogP contribution in [0.2, 0.25) is 0 Å². The van der Waals surface area contributed by atoms with Gasteiger partial charge in [0.25, 0.3) is 0 Å². The molecule has 0 bridgehead atoms. The van der Waals surface area contributed by atoms with Gasteiger partial charge in [-0.05, 0) is 50.7 Å². The minimum atomic E-state index is -0.231. The minimum absolute atomic E-state index is 0.0640. The molecular formula is C17H27N3O2S. The number of hydrogen-bond donors (Lipinski definition) is 2. The number of ether oxygens (including phenoxy) is 1. The molecule has 2 aliphatic heterocycles. The first-order valence-corrected chi connectivity index (χ1v) is 9.41. The van der Waals surface area contributed by atoms with Gasteiger partial charge in [-0.25, -0.2) is 0 Å². The molecule has 2 fully saturated rings. The smallest absolute Gasteiger partial charge is 0.239 e. The normalized spacial score (nSPS) is 32.6. The van der Waals surface area contributed by atoms with Crippen LogP contribution in [0.15, 0.2) is 17.5 Å². The first kappa shape index (κ1) is 16.9. The van der Waals surface area contributed by atoms with E-state index in [0.29, 0.717) is 18.6 Å². The van der Waals surface area contributed by atoms with Crippen LogP contribution in [-0.4, -0.2) is 56.2 Å². The number of nitrogens with zero attached hydrogens (tertiary/aromatic N) is 1. The van der Waals surface area contributed by atoms with E-state index in [4.69, 9.17) is 4.74 Å². The van der Waals surface area contributed by atoms with Crippen molar-refractivity contribution in [3.05, 3.63) is 22.4 Å². The number of carbonyl (C=O) groups is 1. The Kier molecular flexibility index (Phi) is 5.69. The molecule has 6 heteroatoms. The summed E-state index contributed by atoms with van der Waals surface area (Å²) < 4.78 is 5.57. The van der Waals surface area contributed by atoms with Crippen molar-refractivity contribution in [2.24, 2.45) is 5.92 Å². The molecule has 0 saturated carbocycles. The van der Waals surface area contributed by atoms with Crippen LogP contribution in [0.3, 0.4) is 0 Å². The van der Waals surface area contributed by atoms with E-state index in [1.165, 1.54) is 11.3 Å². The van der Waals surface area contributed by atoms with Crippen LogP contribution in [-0.2, 0) is 9.53 Å². The summed E-state index contributed by atoms with van der Waals surface area (Å²) in [5.41, 5.74) is 0. The van der Waals surface area contributed by atoms with E-state index in [1.54, 1.807) is 0 Å². The largest absolute Gasteiger partial charge is 0.375 e. The average Bonchev–Trinajstić information content (AvgIpc) is 3.07. The number of morpholine rings is 1. The zero-order chi connectivity index (χ0) is 16.2. The number of carbonyl (C=O) groups excluding carboxylic acids is 1. The second-order valence-corrected chi connectivity index (χ2v) is 7.58. The van der Waals surface area contributed by atoms with E-state index in [0.717, 1.165) is 26.1 Å². The van der Waals surface area contributed by atoms with Crippen molar-refractivity contribution >= 4 is 17.2 Å². The van der Waals surface area contributed by atoms with Gasteiger partial charge in [-0.2, -0.15) is 0 Å². The first-order valence-electron chi connectivity index (χ1n) is 8.53. The molecule has 2 aliphatic rings. The minimum Gasteiger partial charge on any atom is -0.375 e. The Morgan fingerprint density at radius 1 is 1.57 bits per heavy atom. The van der Waals surface area contributed by atoms with E-state index < -0.39 is 0 Å². The summed E-state index contributed by atoms with van der Waals surface area (Å²) in [7, 11) is 2.19. The topological polar surface area (TPSA) is 53.6 Å². The van der Waals surface area contributed by atoms with Gasteiger partial charge in [0.2, 0.25) is 5.91 Å². The summed E-state index contributed by atoms with van der Waals surface area (Å²) in [5.74, 6) is 0.534. The van der Waals surface area contributed by atoms with E-state index in [-0.39, 0.29) is 18.1 Å². The molecular weight excluding hydrogens is 310 g/mol. The SMILES string of the molecule is C[C@H]1OCCN[C@@H]1C(=O)NCC1CCCN(C)C1c1cccs1. The standard InChI is InChI=1S/C17H27N3O2S/c1-12-15(18-7-9-22-12)17(21)19-11-13-5-3-8-20(2)16(13)14-6-4-10-23-14/h4,6,10,12-13,15-16,18H,3,5,7-9,11H2,1-2H3,(H,19,21)/t12-,13?,15+,16?/m1/s1. The Hall–Kier alpha value is -0.950. The summed E-state index contributed by atoms with van der Waals surface area (Å²) >= 11 is 1.81. The maximum atomic E-state index is 12.5. The molecule has 3 rings (SSSR count). The number of nitrogens with one attached hydrogen (secondary N) is 2. The van der Waals surface area contributed by atoms with Gasteiger partial charge in [0.05, 0.1) is 12.7 Å². The highest BCUT2D eigenvalue weighted by Crippen LogP contribution is 2.36. The van der Waals surface area contributed by atoms with Gasteiger partial charge in [0.15, 0.2) is 0 Å². The first-order chi connectivity index (χ1) is 11.2. The second kappa shape index (κ2) is 7.75. The lowest BCUT2D eigenvalue weighted by Crippen LogP contribution is -2.56. The van der Waals surface area contributed by atoms with Crippen LogP contribution < -0.4 is 10.6 Å². The van der Waals surface area contributed by atoms with Crippen LogP contribution in [0, 0.1) is 5.92 Å². The fourth-order valence-corrected chi connectivity index (χ4v) is 4.73. The summed E-state index contributed by atoms with van der Waals surface area (Å²) in [6, 6.07) is 4.51. The lowest BCUT2D eigenvalue weighted by atomic mass is 9.88. The lowest BCUT2D eigenvalue weighted by molar-refractivity contribution is -0.129. The summed E-state index contributed by atoms with van der Waals surface area (Å²) in [5, 5.41) is 8.56. The van der Waals surface area contributed by atoms with Gasteiger partial charge in [-0.15, -0.1) is 11.3 Å². The van der Waals surface area contributed by atoms with Crippen molar-refractivity contribution in [3.8, 4) is 0 Å². The fourth-order valence-electron chi connectivity index (χ4n) is 3.75. The van der Waals surface area contributed by atoms with Crippen LogP contribution >= 0.6 is 11.3 Å². The van der Waals surface area contributed by atoms with E-state index >= 15 is 0 Å². The van der Waals surface area contributed by atoms with Crippen LogP contribution in [0.25, 0.3) is 0 Å². The van der Waals surface area contributed by atoms with Crippen molar-refractivity contribution in [1.82, 2.24) is 15.5 Å². The number of hydrogen-bond acceptors (Lipinski definition) is 5. The molecule has 0 spiro atoms. The lowest BCUT2D eigenvalue weighted by Gasteiger charge is -2.39. The maximum absolute atomic E-state index is 12.5. The summed E-state index contributed by atoms with van der Waals surface area (Å²) in [4.78, 5) is 16.3. The molecule has 0 radical (unpaired) electrons. The molecule has 23 heavy (non-hydrogen) atoms. The van der Waals surface area contributed by atoms with Crippen LogP contribution in [0.5, 0.6) is 0 Å². The van der Waals surface area contributed by atoms with Crippen molar-refractivity contribution < 1.29 is 9.53 Å². The van der Waals surface area contributed by atoms with Gasteiger partial charge in [-0.1, -0.05) is 6.07 Å². The average molecular weight is 337 g/mol. The summed E-state index contributed by atoms with van der Waals surface area (Å²) in [6.07, 6.45) is 2.29. The molecule has 3 heterocycles. The van der Waals surface area contributed by atoms with Crippen LogP contribution in [0.4, 0.5) is 0 Å². The third kappa shape index (κ3) is 3.94. The van der Waals surface area contributed by atoms with E-state index in [9.17, 15) is 4.79 Å². The van der Waals surface area contributed by atoms with Gasteiger partial charge < -0.3 is 15.4 Å². The number of thiophene rings is 1. The predicted molar refractivity (Wildman–Crippen MR) is 92.6 cm³/mol. The zero-order valence-corrected chi connectivity index (χ0v) is 14.8.